The van der Waals surface area contributed by atoms with E-state index >= 15 is 0 Å². The molecule has 1 aliphatic rings. The smallest absolute Gasteiger partial charge is 0.297 e. The van der Waals surface area contributed by atoms with E-state index in [9.17, 15) is 19.2 Å². The molecule has 4 aromatic rings. The molecule has 2 atom stereocenters. The molecule has 0 bridgehead atoms. The lowest BCUT2D eigenvalue weighted by atomic mass is 9.88. The van der Waals surface area contributed by atoms with Crippen LogP contribution in [0.3, 0.4) is 0 Å². The zero-order valence-electron chi connectivity index (χ0n) is 21.1. The molecule has 194 valence electrons. The Morgan fingerprint density at radius 3 is 2.53 bits per heavy atom. The zero-order chi connectivity index (χ0) is 27.1. The number of hydrogen-bond donors (Lipinski definition) is 0. The lowest BCUT2D eigenvalue weighted by Gasteiger charge is -2.25. The SMILES string of the molecule is CCOc1ccc(C2C(C(=O)c3cc4ccccc4o3)C(=O)C(=O)N2c2nc(C)c(C(C)=O)s2)cc1OC. The summed E-state index contributed by atoms with van der Waals surface area (Å²) < 4.78 is 16.9. The number of thiazole rings is 1. The number of furan rings is 1. The maximum Gasteiger partial charge on any atom is 0.297 e. The first-order chi connectivity index (χ1) is 18.2. The molecule has 38 heavy (non-hydrogen) atoms. The van der Waals surface area contributed by atoms with E-state index in [4.69, 9.17) is 13.9 Å². The molecule has 2 aromatic carbocycles. The van der Waals surface area contributed by atoms with Gasteiger partial charge in [0.15, 0.2) is 28.2 Å². The van der Waals surface area contributed by atoms with Gasteiger partial charge in [0.05, 0.1) is 30.3 Å². The maximum atomic E-state index is 13.8. The van der Waals surface area contributed by atoms with E-state index in [1.165, 1.54) is 18.9 Å². The van der Waals surface area contributed by atoms with Crippen molar-refractivity contribution < 1.29 is 33.1 Å². The van der Waals surface area contributed by atoms with Gasteiger partial charge in [0.1, 0.15) is 11.5 Å². The van der Waals surface area contributed by atoms with Crippen LogP contribution in [0.4, 0.5) is 5.13 Å². The van der Waals surface area contributed by atoms with Crippen molar-refractivity contribution in [2.24, 2.45) is 5.92 Å². The number of fused-ring (bicyclic) bond motifs is 1. The number of para-hydroxylation sites is 1. The molecule has 1 aliphatic heterocycles. The normalized spacial score (nSPS) is 17.3. The Kier molecular flexibility index (Phi) is 6.58. The van der Waals surface area contributed by atoms with Crippen molar-refractivity contribution in [1.82, 2.24) is 4.98 Å². The number of ketones is 3. The third-order valence-corrected chi connectivity index (χ3v) is 7.65. The summed E-state index contributed by atoms with van der Waals surface area (Å²) in [5.74, 6) is -3.18. The van der Waals surface area contributed by atoms with Crippen LogP contribution >= 0.6 is 11.3 Å². The van der Waals surface area contributed by atoms with E-state index < -0.39 is 29.4 Å². The first-order valence-electron chi connectivity index (χ1n) is 11.9. The molecule has 3 heterocycles. The number of carbonyl (C=O) groups is 4. The largest absolute Gasteiger partial charge is 0.493 e. The van der Waals surface area contributed by atoms with E-state index in [1.54, 1.807) is 49.4 Å². The van der Waals surface area contributed by atoms with Crippen molar-refractivity contribution in [3.05, 3.63) is 70.4 Å². The van der Waals surface area contributed by atoms with Crippen LogP contribution in [0, 0.1) is 12.8 Å². The fraction of sp³-hybridized carbons (Fsp3) is 0.250. The summed E-state index contributed by atoms with van der Waals surface area (Å²) in [6, 6.07) is 12.6. The highest BCUT2D eigenvalue weighted by Crippen LogP contribution is 2.45. The van der Waals surface area contributed by atoms with Crippen molar-refractivity contribution in [3.63, 3.8) is 0 Å². The summed E-state index contributed by atoms with van der Waals surface area (Å²) in [6.45, 7) is 5.31. The highest BCUT2D eigenvalue weighted by molar-refractivity contribution is 7.18. The number of anilines is 1. The van der Waals surface area contributed by atoms with Gasteiger partial charge in [0.2, 0.25) is 11.6 Å². The topological polar surface area (TPSA) is 116 Å². The van der Waals surface area contributed by atoms with Crippen LogP contribution in [-0.4, -0.2) is 42.0 Å². The monoisotopic (exact) mass is 532 g/mol. The fourth-order valence-electron chi connectivity index (χ4n) is 4.69. The standard InChI is InChI=1S/C28H24N2O7S/c1-5-36-19-11-10-17(13-20(19)35-4)23-22(24(32)21-12-16-8-6-7-9-18(16)37-21)25(33)27(34)30(23)28-29-14(2)26(38-28)15(3)31/h6-13,22-23H,5H2,1-4H3. The van der Waals surface area contributed by atoms with Gasteiger partial charge < -0.3 is 13.9 Å². The summed E-state index contributed by atoms with van der Waals surface area (Å²) in [4.78, 5) is 58.8. The van der Waals surface area contributed by atoms with Gasteiger partial charge in [-0.3, -0.25) is 24.1 Å². The second-order valence-electron chi connectivity index (χ2n) is 8.79. The van der Waals surface area contributed by atoms with Gasteiger partial charge in [-0.1, -0.05) is 35.6 Å². The highest BCUT2D eigenvalue weighted by Gasteiger charge is 2.54. The molecule has 0 spiro atoms. The van der Waals surface area contributed by atoms with E-state index in [-0.39, 0.29) is 16.7 Å². The van der Waals surface area contributed by atoms with E-state index in [1.807, 2.05) is 13.0 Å². The molecule has 2 unspecified atom stereocenters. The Labute approximate surface area is 222 Å². The van der Waals surface area contributed by atoms with Gasteiger partial charge in [-0.15, -0.1) is 0 Å². The summed E-state index contributed by atoms with van der Waals surface area (Å²) in [5.41, 5.74) is 1.40. The second kappa shape index (κ2) is 9.86. The first-order valence-corrected chi connectivity index (χ1v) is 12.8. The predicted octanol–water partition coefficient (Wildman–Crippen LogP) is 4.96. The minimum Gasteiger partial charge on any atom is -0.493 e. The quantitative estimate of drug-likeness (QED) is 0.178. The number of amides is 1. The lowest BCUT2D eigenvalue weighted by molar-refractivity contribution is -0.135. The van der Waals surface area contributed by atoms with E-state index in [0.717, 1.165) is 11.3 Å². The number of hydrogen-bond acceptors (Lipinski definition) is 9. The second-order valence-corrected chi connectivity index (χ2v) is 9.76. The Bertz CT molecular complexity index is 1570. The Balaban J connectivity index is 1.67. The number of benzene rings is 2. The van der Waals surface area contributed by atoms with Crippen molar-refractivity contribution in [2.75, 3.05) is 18.6 Å². The highest BCUT2D eigenvalue weighted by atomic mass is 32.1. The van der Waals surface area contributed by atoms with Crippen LogP contribution < -0.4 is 14.4 Å². The number of Topliss-reactive ketones (excluding diaryl/α,β-unsaturated/α-hetero) is 3. The van der Waals surface area contributed by atoms with E-state index in [0.29, 0.717) is 45.2 Å². The van der Waals surface area contributed by atoms with Crippen LogP contribution in [0.1, 0.15) is 51.4 Å². The Morgan fingerprint density at radius 2 is 1.87 bits per heavy atom. The lowest BCUT2D eigenvalue weighted by Crippen LogP contribution is -2.30. The minimum absolute atomic E-state index is 0.0261. The number of ether oxygens (including phenoxy) is 2. The average Bonchev–Trinajstić information content (AvgIpc) is 3.58. The Hall–Kier alpha value is -4.31. The maximum absolute atomic E-state index is 13.8. The van der Waals surface area contributed by atoms with Gasteiger partial charge in [-0.05, 0) is 43.7 Å². The van der Waals surface area contributed by atoms with Crippen LogP contribution in [0.2, 0.25) is 0 Å². The molecule has 1 amide bonds. The van der Waals surface area contributed by atoms with E-state index in [2.05, 4.69) is 4.98 Å². The number of rotatable bonds is 8. The molecule has 2 aromatic heterocycles. The summed E-state index contributed by atoms with van der Waals surface area (Å²) in [6.07, 6.45) is 0. The molecule has 10 heteroatoms. The van der Waals surface area contributed by atoms with Crippen LogP contribution in [0.15, 0.2) is 52.9 Å². The molecular weight excluding hydrogens is 508 g/mol. The van der Waals surface area contributed by atoms with Crippen molar-refractivity contribution in [3.8, 4) is 11.5 Å². The summed E-state index contributed by atoms with van der Waals surface area (Å²) >= 11 is 1.01. The summed E-state index contributed by atoms with van der Waals surface area (Å²) in [7, 11) is 1.48. The predicted molar refractivity (Wildman–Crippen MR) is 140 cm³/mol. The molecule has 1 fully saturated rings. The van der Waals surface area contributed by atoms with Crippen molar-refractivity contribution >= 4 is 50.7 Å². The molecule has 5 rings (SSSR count). The molecular formula is C28H24N2O7S. The van der Waals surface area contributed by atoms with Gasteiger partial charge in [-0.2, -0.15) is 0 Å². The zero-order valence-corrected chi connectivity index (χ0v) is 22.0. The third kappa shape index (κ3) is 4.16. The molecule has 9 nitrogen and oxygen atoms in total. The van der Waals surface area contributed by atoms with Gasteiger partial charge in [0.25, 0.3) is 5.91 Å². The molecule has 0 saturated carbocycles. The van der Waals surface area contributed by atoms with Crippen molar-refractivity contribution in [1.29, 1.82) is 0 Å². The summed E-state index contributed by atoms with van der Waals surface area (Å²) in [5, 5.41) is 0.856. The number of aromatic nitrogens is 1. The number of methoxy groups -OCH3 is 1. The first kappa shape index (κ1) is 25.3. The van der Waals surface area contributed by atoms with Crippen LogP contribution in [-0.2, 0) is 9.59 Å². The van der Waals surface area contributed by atoms with Crippen molar-refractivity contribution in [2.45, 2.75) is 26.8 Å². The van der Waals surface area contributed by atoms with Gasteiger partial charge >= 0.3 is 0 Å². The average molecular weight is 533 g/mol. The number of carbonyl (C=O) groups excluding carboxylic acids is 4. The number of aryl methyl sites for hydroxylation is 1. The van der Waals surface area contributed by atoms with Gasteiger partial charge in [-0.25, -0.2) is 4.98 Å². The Morgan fingerprint density at radius 1 is 1.11 bits per heavy atom. The molecule has 0 aliphatic carbocycles. The van der Waals surface area contributed by atoms with Gasteiger partial charge in [0, 0.05) is 12.3 Å². The number of nitrogens with zero attached hydrogens (tertiary/aromatic N) is 2. The fourth-order valence-corrected chi connectivity index (χ4v) is 5.69. The molecule has 1 saturated heterocycles. The van der Waals surface area contributed by atoms with Crippen LogP contribution in [0.25, 0.3) is 11.0 Å². The minimum atomic E-state index is -1.41. The molecule has 0 N–H and O–H groups in total. The molecule has 0 radical (unpaired) electrons. The van der Waals surface area contributed by atoms with Crippen LogP contribution in [0.5, 0.6) is 11.5 Å². The third-order valence-electron chi connectivity index (χ3n) is 6.40.